The number of nitrogens with zero attached hydrogens (tertiary/aromatic N) is 1. The molecule has 8 nitrogen and oxygen atoms in total. The lowest BCUT2D eigenvalue weighted by molar-refractivity contribution is -0.122. The van der Waals surface area contributed by atoms with E-state index in [1.165, 1.54) is 13.2 Å². The molecule has 1 saturated heterocycles. The second-order valence-corrected chi connectivity index (χ2v) is 10.4. The summed E-state index contributed by atoms with van der Waals surface area (Å²) in [4.78, 5) is 39.4. The first-order valence-corrected chi connectivity index (χ1v) is 13.2. The van der Waals surface area contributed by atoms with Crippen molar-refractivity contribution in [2.45, 2.75) is 26.6 Å². The lowest BCUT2D eigenvalue weighted by atomic mass is 10.1. The Morgan fingerprint density at radius 3 is 2.38 bits per heavy atom. The van der Waals surface area contributed by atoms with Gasteiger partial charge >= 0.3 is 6.03 Å². The number of carbonyl (C=O) groups excluding carboxylic acids is 3. The second-order valence-electron chi connectivity index (χ2n) is 8.68. The molecule has 11 heteroatoms. The van der Waals surface area contributed by atoms with Gasteiger partial charge in [0.15, 0.2) is 11.5 Å². The Morgan fingerprint density at radius 1 is 1.03 bits per heavy atom. The molecular weight excluding hydrogens is 611 g/mol. The molecular formula is C28H23BrCl2N2O6. The first-order chi connectivity index (χ1) is 18.6. The van der Waals surface area contributed by atoms with Crippen molar-refractivity contribution in [2.75, 3.05) is 12.0 Å². The third-order valence-corrected chi connectivity index (χ3v) is 6.70. The van der Waals surface area contributed by atoms with Crippen molar-refractivity contribution < 1.29 is 28.6 Å². The summed E-state index contributed by atoms with van der Waals surface area (Å²) in [6, 6.07) is 13.9. The van der Waals surface area contributed by atoms with Gasteiger partial charge in [-0.3, -0.25) is 14.9 Å². The van der Waals surface area contributed by atoms with Gasteiger partial charge in [-0.1, -0.05) is 29.3 Å². The minimum atomic E-state index is -0.858. The van der Waals surface area contributed by atoms with Crippen LogP contribution in [0.25, 0.3) is 6.08 Å². The SMILES string of the molecule is COc1cc(/C=C2\C(=O)NC(=O)N(c3ccc(OCc4ccc(Cl)cc4Cl)cc3)C2=O)cc(Br)c1OC(C)C. The summed E-state index contributed by atoms with van der Waals surface area (Å²) in [5, 5.41) is 3.21. The zero-order chi connectivity index (χ0) is 28.3. The van der Waals surface area contributed by atoms with Crippen molar-refractivity contribution in [1.29, 1.82) is 0 Å². The topological polar surface area (TPSA) is 94.2 Å². The summed E-state index contributed by atoms with van der Waals surface area (Å²) in [5.41, 5.74) is 1.27. The van der Waals surface area contributed by atoms with E-state index in [2.05, 4.69) is 21.2 Å². The Hall–Kier alpha value is -3.53. The molecule has 0 aromatic heterocycles. The number of barbiturate groups is 1. The van der Waals surface area contributed by atoms with Gasteiger partial charge in [0.25, 0.3) is 11.8 Å². The molecule has 1 aliphatic rings. The Kier molecular flexibility index (Phi) is 8.84. The zero-order valence-corrected chi connectivity index (χ0v) is 24.2. The number of amides is 4. The first kappa shape index (κ1) is 28.5. The highest BCUT2D eigenvalue weighted by Crippen LogP contribution is 2.38. The molecule has 3 aromatic rings. The van der Waals surface area contributed by atoms with E-state index < -0.39 is 17.8 Å². The van der Waals surface area contributed by atoms with Gasteiger partial charge in [-0.05, 0) is 89.9 Å². The Balaban J connectivity index is 1.56. The summed E-state index contributed by atoms with van der Waals surface area (Å²) in [5.74, 6) is -0.188. The molecule has 0 radical (unpaired) electrons. The summed E-state index contributed by atoms with van der Waals surface area (Å²) >= 11 is 15.6. The molecule has 1 heterocycles. The highest BCUT2D eigenvalue weighted by molar-refractivity contribution is 9.10. The molecule has 1 aliphatic heterocycles. The fraction of sp³-hybridized carbons (Fsp3) is 0.179. The molecule has 0 spiro atoms. The van der Waals surface area contributed by atoms with Crippen LogP contribution in [0.3, 0.4) is 0 Å². The summed E-state index contributed by atoms with van der Waals surface area (Å²) in [7, 11) is 1.49. The van der Waals surface area contributed by atoms with E-state index in [0.717, 1.165) is 10.5 Å². The van der Waals surface area contributed by atoms with E-state index in [9.17, 15) is 14.4 Å². The highest BCUT2D eigenvalue weighted by Gasteiger charge is 2.37. The van der Waals surface area contributed by atoms with Crippen LogP contribution in [-0.4, -0.2) is 31.1 Å². The molecule has 1 N–H and O–H groups in total. The summed E-state index contributed by atoms with van der Waals surface area (Å²) < 4.78 is 17.6. The van der Waals surface area contributed by atoms with Gasteiger partial charge in [-0.2, -0.15) is 0 Å². The smallest absolute Gasteiger partial charge is 0.335 e. The van der Waals surface area contributed by atoms with E-state index in [1.54, 1.807) is 54.6 Å². The Bertz CT molecular complexity index is 1470. The molecule has 0 saturated carbocycles. The van der Waals surface area contributed by atoms with Crippen LogP contribution in [0.5, 0.6) is 17.2 Å². The fourth-order valence-corrected chi connectivity index (χ4v) is 4.74. The van der Waals surface area contributed by atoms with Gasteiger partial charge in [0.05, 0.1) is 23.4 Å². The molecule has 0 aliphatic carbocycles. The van der Waals surface area contributed by atoms with E-state index >= 15 is 0 Å². The molecule has 4 amide bonds. The molecule has 4 rings (SSSR count). The highest BCUT2D eigenvalue weighted by atomic mass is 79.9. The van der Waals surface area contributed by atoms with Crippen molar-refractivity contribution in [2.24, 2.45) is 0 Å². The third-order valence-electron chi connectivity index (χ3n) is 5.52. The maximum absolute atomic E-state index is 13.3. The van der Waals surface area contributed by atoms with Crippen LogP contribution < -0.4 is 24.4 Å². The van der Waals surface area contributed by atoms with E-state index in [0.29, 0.717) is 37.3 Å². The van der Waals surface area contributed by atoms with Crippen LogP contribution in [0, 0.1) is 0 Å². The van der Waals surface area contributed by atoms with Gasteiger partial charge in [-0.25, -0.2) is 9.69 Å². The number of carbonyl (C=O) groups is 3. The monoisotopic (exact) mass is 632 g/mol. The van der Waals surface area contributed by atoms with Gasteiger partial charge in [0.1, 0.15) is 17.9 Å². The average molecular weight is 634 g/mol. The Labute approximate surface area is 243 Å². The molecule has 39 heavy (non-hydrogen) atoms. The van der Waals surface area contributed by atoms with Gasteiger partial charge in [0.2, 0.25) is 0 Å². The van der Waals surface area contributed by atoms with E-state index in [4.69, 9.17) is 37.4 Å². The quantitative estimate of drug-likeness (QED) is 0.217. The van der Waals surface area contributed by atoms with E-state index in [-0.39, 0.29) is 24.0 Å². The molecule has 0 unspecified atom stereocenters. The molecule has 3 aromatic carbocycles. The minimum absolute atomic E-state index is 0.100. The van der Waals surface area contributed by atoms with Gasteiger partial charge in [0, 0.05) is 15.6 Å². The largest absolute Gasteiger partial charge is 0.493 e. The number of hydrogen-bond acceptors (Lipinski definition) is 6. The lowest BCUT2D eigenvalue weighted by Crippen LogP contribution is -2.54. The lowest BCUT2D eigenvalue weighted by Gasteiger charge is -2.26. The van der Waals surface area contributed by atoms with Crippen LogP contribution in [0.2, 0.25) is 10.0 Å². The van der Waals surface area contributed by atoms with Crippen molar-refractivity contribution in [1.82, 2.24) is 5.32 Å². The van der Waals surface area contributed by atoms with Crippen molar-refractivity contribution in [3.63, 3.8) is 0 Å². The predicted octanol–water partition coefficient (Wildman–Crippen LogP) is 6.80. The number of imide groups is 2. The van der Waals surface area contributed by atoms with Crippen molar-refractivity contribution in [3.8, 4) is 17.2 Å². The molecule has 202 valence electrons. The Morgan fingerprint density at radius 2 is 1.74 bits per heavy atom. The number of halogens is 3. The summed E-state index contributed by atoms with van der Waals surface area (Å²) in [6.45, 7) is 3.96. The second kappa shape index (κ2) is 12.1. The zero-order valence-electron chi connectivity index (χ0n) is 21.1. The first-order valence-electron chi connectivity index (χ1n) is 11.7. The van der Waals surface area contributed by atoms with Crippen LogP contribution in [0.15, 0.2) is 64.6 Å². The van der Waals surface area contributed by atoms with E-state index in [1.807, 2.05) is 13.8 Å². The molecule has 1 fully saturated rings. The average Bonchev–Trinajstić information content (AvgIpc) is 2.88. The number of hydrogen-bond donors (Lipinski definition) is 1. The maximum Gasteiger partial charge on any atom is 0.335 e. The number of methoxy groups -OCH3 is 1. The minimum Gasteiger partial charge on any atom is -0.493 e. The number of nitrogens with one attached hydrogen (secondary N) is 1. The number of benzene rings is 3. The van der Waals surface area contributed by atoms with Crippen molar-refractivity contribution >= 4 is 68.7 Å². The molecule has 0 atom stereocenters. The third kappa shape index (κ3) is 6.55. The van der Waals surface area contributed by atoms with Crippen LogP contribution in [0.4, 0.5) is 10.5 Å². The standard InChI is InChI=1S/C28H23BrCl2N2O6/c1-15(2)39-25-22(29)11-16(12-24(25)37-3)10-21-26(34)32-28(36)33(27(21)35)19-6-8-20(9-7-19)38-14-17-4-5-18(30)13-23(17)31/h4-13,15H,14H2,1-3H3,(H,32,34,36)/b21-10+. The maximum atomic E-state index is 13.3. The van der Waals surface area contributed by atoms with Gasteiger partial charge < -0.3 is 14.2 Å². The van der Waals surface area contributed by atoms with Crippen LogP contribution in [0.1, 0.15) is 25.0 Å². The number of ether oxygens (including phenoxy) is 3. The number of anilines is 1. The summed E-state index contributed by atoms with van der Waals surface area (Å²) in [6.07, 6.45) is 1.29. The van der Waals surface area contributed by atoms with Crippen molar-refractivity contribution in [3.05, 3.63) is 85.8 Å². The van der Waals surface area contributed by atoms with Gasteiger partial charge in [-0.15, -0.1) is 0 Å². The molecule has 0 bridgehead atoms. The predicted molar refractivity (Wildman–Crippen MR) is 153 cm³/mol. The fourth-order valence-electron chi connectivity index (χ4n) is 3.72. The number of rotatable bonds is 8. The number of urea groups is 1. The normalized spacial score (nSPS) is 14.6. The van der Waals surface area contributed by atoms with Crippen LogP contribution in [-0.2, 0) is 16.2 Å². The van der Waals surface area contributed by atoms with Crippen LogP contribution >= 0.6 is 39.1 Å².